The number of oxazole rings is 1. The fourth-order valence-electron chi connectivity index (χ4n) is 6.52. The number of hydrogen-bond donors (Lipinski definition) is 0. The minimum Gasteiger partial charge on any atom is -0.444 e. The first-order valence-corrected chi connectivity index (χ1v) is 16.6. The van der Waals surface area contributed by atoms with Gasteiger partial charge in [-0.2, -0.15) is 0 Å². The van der Waals surface area contributed by atoms with E-state index in [-0.39, 0.29) is 35.8 Å². The highest BCUT2D eigenvalue weighted by atomic mass is 19.1. The van der Waals surface area contributed by atoms with E-state index in [4.69, 9.17) is 18.9 Å². The van der Waals surface area contributed by atoms with Gasteiger partial charge >= 0.3 is 12.2 Å². The van der Waals surface area contributed by atoms with Gasteiger partial charge in [0.1, 0.15) is 17.0 Å². The molecule has 0 bridgehead atoms. The van der Waals surface area contributed by atoms with Crippen LogP contribution in [0.15, 0.2) is 52.0 Å². The number of carbonyl (C=O) groups is 3. The number of likely N-dealkylation sites (tertiary alicyclic amines) is 2. The summed E-state index contributed by atoms with van der Waals surface area (Å²) < 4.78 is 32.4. The molecule has 0 spiro atoms. The van der Waals surface area contributed by atoms with E-state index < -0.39 is 29.2 Å². The van der Waals surface area contributed by atoms with Crippen molar-refractivity contribution < 1.29 is 32.7 Å². The maximum Gasteiger partial charge on any atom is 0.410 e. The summed E-state index contributed by atoms with van der Waals surface area (Å²) in [5.74, 6) is -0.0152. The van der Waals surface area contributed by atoms with Crippen molar-refractivity contribution in [3.05, 3.63) is 59.5 Å². The molecular weight excluding hydrogens is 615 g/mol. The number of amides is 2. The van der Waals surface area contributed by atoms with E-state index in [9.17, 15) is 14.4 Å². The number of rotatable bonds is 6. The molecule has 254 valence electrons. The van der Waals surface area contributed by atoms with Gasteiger partial charge < -0.3 is 13.9 Å². The van der Waals surface area contributed by atoms with Gasteiger partial charge in [-0.3, -0.25) is 19.6 Å². The van der Waals surface area contributed by atoms with Crippen LogP contribution >= 0.6 is 0 Å². The number of aliphatic imine (C=N–C) groups is 1. The summed E-state index contributed by atoms with van der Waals surface area (Å²) in [6.45, 7) is 12.0. The highest BCUT2D eigenvalue weighted by Crippen LogP contribution is 2.36. The maximum atomic E-state index is 15.3. The first kappa shape index (κ1) is 33.4. The SMILES string of the molecule is CC(C)(C)OC(=O)N1CCC[C@H]1C(=O)Cc1ccc(-c2ncc(-c3ccc4c(c3)N=C([C@@H]3CCCN3C(=O)OC(C)(C)C)C4)o2)cc1F. The Hall–Kier alpha value is -4.54. The molecule has 3 aliphatic heterocycles. The second-order valence-electron chi connectivity index (χ2n) is 14.8. The second kappa shape index (κ2) is 12.8. The topological polar surface area (TPSA) is 115 Å². The molecule has 2 saturated heterocycles. The Balaban J connectivity index is 1.13. The minimum absolute atomic E-state index is 0.0946. The summed E-state index contributed by atoms with van der Waals surface area (Å²) in [4.78, 5) is 51.2. The maximum absolute atomic E-state index is 15.3. The Morgan fingerprint density at radius 2 is 1.56 bits per heavy atom. The van der Waals surface area contributed by atoms with Gasteiger partial charge in [-0.25, -0.2) is 19.0 Å². The molecule has 4 heterocycles. The third-order valence-corrected chi connectivity index (χ3v) is 8.69. The van der Waals surface area contributed by atoms with Gasteiger partial charge in [-0.15, -0.1) is 0 Å². The standard InChI is InChI=1S/C37H43FN4O6/c1-36(2,3)47-34(44)41-15-7-9-29(41)28-18-23-12-13-24(19-27(23)40-28)32-21-39-33(46-32)25-14-11-22(26(38)17-25)20-31(43)30-10-8-16-42(30)35(45)48-37(4,5)6/h11-14,17,19,21,29-30H,7-10,15-16,18,20H2,1-6H3/t29-,30-/m0/s1. The number of ether oxygens (including phenoxy) is 2. The Labute approximate surface area is 280 Å². The van der Waals surface area contributed by atoms with Crippen molar-refractivity contribution in [3.63, 3.8) is 0 Å². The fraction of sp³-hybridized carbons (Fsp3) is 0.486. The average Bonchev–Trinajstić information content (AvgIpc) is 3.81. The lowest BCUT2D eigenvalue weighted by atomic mass is 10.0. The minimum atomic E-state index is -0.672. The predicted molar refractivity (Wildman–Crippen MR) is 179 cm³/mol. The summed E-state index contributed by atoms with van der Waals surface area (Å²) >= 11 is 0. The smallest absolute Gasteiger partial charge is 0.410 e. The van der Waals surface area contributed by atoms with Gasteiger partial charge in [-0.05, 0) is 96.6 Å². The van der Waals surface area contributed by atoms with Crippen LogP contribution in [-0.2, 0) is 27.1 Å². The lowest BCUT2D eigenvalue weighted by Gasteiger charge is -2.28. The molecular formula is C37H43FN4O6. The molecule has 48 heavy (non-hydrogen) atoms. The average molecular weight is 659 g/mol. The van der Waals surface area contributed by atoms with Crippen LogP contribution in [0, 0.1) is 5.82 Å². The number of benzene rings is 2. The monoisotopic (exact) mass is 658 g/mol. The molecule has 1 aromatic heterocycles. The van der Waals surface area contributed by atoms with Crippen molar-refractivity contribution in [1.82, 2.24) is 14.8 Å². The third kappa shape index (κ3) is 7.29. The summed E-state index contributed by atoms with van der Waals surface area (Å²) in [5.41, 5.74) is 3.07. The number of aromatic nitrogens is 1. The number of hydrogen-bond acceptors (Lipinski definition) is 8. The lowest BCUT2D eigenvalue weighted by molar-refractivity contribution is -0.122. The van der Waals surface area contributed by atoms with Crippen LogP contribution in [-0.4, -0.2) is 74.8 Å². The van der Waals surface area contributed by atoms with E-state index in [2.05, 4.69) is 4.98 Å². The largest absolute Gasteiger partial charge is 0.444 e. The van der Waals surface area contributed by atoms with E-state index in [0.717, 1.165) is 35.4 Å². The van der Waals surface area contributed by atoms with E-state index in [1.165, 1.54) is 11.0 Å². The van der Waals surface area contributed by atoms with Gasteiger partial charge in [0.15, 0.2) is 11.5 Å². The Morgan fingerprint density at radius 1 is 0.896 bits per heavy atom. The molecule has 2 aromatic carbocycles. The number of halogens is 1. The molecule has 0 radical (unpaired) electrons. The quantitative estimate of drug-likeness (QED) is 0.267. The summed E-state index contributed by atoms with van der Waals surface area (Å²) in [5, 5.41) is 0. The normalized spacial score (nSPS) is 19.4. The molecule has 0 unspecified atom stereocenters. The van der Waals surface area contributed by atoms with Crippen molar-refractivity contribution >= 4 is 29.4 Å². The van der Waals surface area contributed by atoms with E-state index in [1.54, 1.807) is 44.0 Å². The van der Waals surface area contributed by atoms with Crippen molar-refractivity contribution in [2.75, 3.05) is 13.1 Å². The number of Topliss-reactive ketones (excluding diaryl/α,β-unsaturated/α-hetero) is 1. The van der Waals surface area contributed by atoms with Crippen LogP contribution in [0.4, 0.5) is 19.7 Å². The summed E-state index contributed by atoms with van der Waals surface area (Å²) in [6.07, 6.45) is 4.24. The molecule has 0 saturated carbocycles. The molecule has 10 nitrogen and oxygen atoms in total. The zero-order valence-electron chi connectivity index (χ0n) is 28.5. The summed E-state index contributed by atoms with van der Waals surface area (Å²) in [6, 6.07) is 9.73. The van der Waals surface area contributed by atoms with Gasteiger partial charge in [0.2, 0.25) is 5.89 Å². The highest BCUT2D eigenvalue weighted by molar-refractivity contribution is 6.00. The van der Waals surface area contributed by atoms with Crippen LogP contribution in [0.1, 0.15) is 78.4 Å². The van der Waals surface area contributed by atoms with Crippen LogP contribution < -0.4 is 0 Å². The fourth-order valence-corrected chi connectivity index (χ4v) is 6.52. The van der Waals surface area contributed by atoms with Crippen molar-refractivity contribution in [2.45, 2.75) is 103 Å². The van der Waals surface area contributed by atoms with Gasteiger partial charge in [0.25, 0.3) is 0 Å². The van der Waals surface area contributed by atoms with E-state index >= 15 is 4.39 Å². The molecule has 0 N–H and O–H groups in total. The van der Waals surface area contributed by atoms with Gasteiger partial charge in [-0.1, -0.05) is 18.2 Å². The zero-order valence-corrected chi connectivity index (χ0v) is 28.5. The van der Waals surface area contributed by atoms with Crippen LogP contribution in [0.3, 0.4) is 0 Å². The molecule has 2 atom stereocenters. The first-order chi connectivity index (χ1) is 22.6. The third-order valence-electron chi connectivity index (χ3n) is 8.69. The zero-order chi connectivity index (χ0) is 34.4. The van der Waals surface area contributed by atoms with Crippen LogP contribution in [0.2, 0.25) is 0 Å². The lowest BCUT2D eigenvalue weighted by Crippen LogP contribution is -2.43. The summed E-state index contributed by atoms with van der Waals surface area (Å²) in [7, 11) is 0. The van der Waals surface area contributed by atoms with E-state index in [0.29, 0.717) is 43.7 Å². The number of carbonyl (C=O) groups excluding carboxylic acids is 3. The van der Waals surface area contributed by atoms with Crippen molar-refractivity contribution in [3.8, 4) is 22.8 Å². The predicted octanol–water partition coefficient (Wildman–Crippen LogP) is 7.69. The molecule has 2 amide bonds. The molecule has 3 aromatic rings. The molecule has 3 aliphatic rings. The molecule has 2 fully saturated rings. The Morgan fingerprint density at radius 3 is 2.27 bits per heavy atom. The molecule has 0 aliphatic carbocycles. The Kier molecular flexibility index (Phi) is 8.91. The second-order valence-corrected chi connectivity index (χ2v) is 14.8. The number of ketones is 1. The molecule has 6 rings (SSSR count). The van der Waals surface area contributed by atoms with Crippen molar-refractivity contribution in [1.29, 1.82) is 0 Å². The number of nitrogens with zero attached hydrogens (tertiary/aromatic N) is 4. The van der Waals surface area contributed by atoms with Gasteiger partial charge in [0.05, 0.1) is 24.0 Å². The van der Waals surface area contributed by atoms with E-state index in [1.807, 2.05) is 39.0 Å². The first-order valence-electron chi connectivity index (χ1n) is 16.6. The highest BCUT2D eigenvalue weighted by Gasteiger charge is 2.38. The number of fused-ring (bicyclic) bond motifs is 1. The van der Waals surface area contributed by atoms with Crippen LogP contribution in [0.25, 0.3) is 22.8 Å². The van der Waals surface area contributed by atoms with Crippen LogP contribution in [0.5, 0.6) is 0 Å². The van der Waals surface area contributed by atoms with Gasteiger partial charge in [0, 0.05) is 42.8 Å². The molecule has 11 heteroatoms. The van der Waals surface area contributed by atoms with Crippen molar-refractivity contribution in [2.24, 2.45) is 4.99 Å². The Bertz CT molecular complexity index is 1770.